The van der Waals surface area contributed by atoms with Gasteiger partial charge in [0.25, 0.3) is 5.56 Å². The second-order valence-corrected chi connectivity index (χ2v) is 7.92. The van der Waals surface area contributed by atoms with Gasteiger partial charge in [0.1, 0.15) is 5.03 Å². The zero-order chi connectivity index (χ0) is 20.1. The summed E-state index contributed by atoms with van der Waals surface area (Å²) < 4.78 is 1.28. The summed E-state index contributed by atoms with van der Waals surface area (Å²) in [6.07, 6.45) is 1.68. The minimum atomic E-state index is -0.385. The molecule has 6 nitrogen and oxygen atoms in total. The standard InChI is InChI=1S/C20H19ClN4O2S/c1-13-6-7-16(11-17(13)21)25-19(26)9-8-18(24-25)28-14(2)20(27)23-12-15-5-3-4-10-22-15/h3-11,14H,12H2,1-2H3,(H,23,27)/t14-/m1/s1. The fraction of sp³-hybridized carbons (Fsp3) is 0.200. The Kier molecular flexibility index (Phi) is 6.49. The normalized spacial score (nSPS) is 11.8. The number of hydrogen-bond donors (Lipinski definition) is 1. The molecule has 1 atom stereocenters. The molecule has 1 N–H and O–H groups in total. The van der Waals surface area contributed by atoms with E-state index in [1.165, 1.54) is 22.5 Å². The van der Waals surface area contributed by atoms with E-state index in [2.05, 4.69) is 15.4 Å². The molecule has 1 amide bonds. The molecular weight excluding hydrogens is 396 g/mol. The second-order valence-electron chi connectivity index (χ2n) is 6.15. The van der Waals surface area contributed by atoms with E-state index in [4.69, 9.17) is 11.6 Å². The first-order valence-electron chi connectivity index (χ1n) is 8.65. The van der Waals surface area contributed by atoms with E-state index in [0.29, 0.717) is 22.3 Å². The van der Waals surface area contributed by atoms with Crippen LogP contribution in [-0.4, -0.2) is 25.9 Å². The van der Waals surface area contributed by atoms with Crippen LogP contribution in [-0.2, 0) is 11.3 Å². The van der Waals surface area contributed by atoms with Crippen LogP contribution in [0.5, 0.6) is 0 Å². The summed E-state index contributed by atoms with van der Waals surface area (Å²) in [7, 11) is 0. The number of halogens is 1. The maximum atomic E-state index is 12.4. The minimum absolute atomic E-state index is 0.131. The van der Waals surface area contributed by atoms with Crippen LogP contribution in [0.15, 0.2) is 64.5 Å². The number of thioether (sulfide) groups is 1. The lowest BCUT2D eigenvalue weighted by Crippen LogP contribution is -2.31. The van der Waals surface area contributed by atoms with E-state index in [1.54, 1.807) is 31.3 Å². The van der Waals surface area contributed by atoms with Gasteiger partial charge in [-0.1, -0.05) is 35.5 Å². The maximum absolute atomic E-state index is 12.4. The predicted octanol–water partition coefficient (Wildman–Crippen LogP) is 3.39. The van der Waals surface area contributed by atoms with Crippen LogP contribution in [0.2, 0.25) is 5.02 Å². The molecule has 3 rings (SSSR count). The molecule has 0 saturated carbocycles. The predicted molar refractivity (Wildman–Crippen MR) is 111 cm³/mol. The summed E-state index contributed by atoms with van der Waals surface area (Å²) in [6.45, 7) is 4.04. The van der Waals surface area contributed by atoms with Gasteiger partial charge in [0.2, 0.25) is 5.91 Å². The van der Waals surface area contributed by atoms with Gasteiger partial charge in [0.05, 0.1) is 23.2 Å². The molecule has 3 aromatic rings. The Morgan fingerprint density at radius 3 is 2.79 bits per heavy atom. The fourth-order valence-electron chi connectivity index (χ4n) is 2.41. The summed E-state index contributed by atoms with van der Waals surface area (Å²) in [5.41, 5.74) is 2.02. The zero-order valence-electron chi connectivity index (χ0n) is 15.4. The first kappa shape index (κ1) is 20.1. The van der Waals surface area contributed by atoms with Gasteiger partial charge in [-0.05, 0) is 49.7 Å². The Balaban J connectivity index is 1.70. The van der Waals surface area contributed by atoms with Gasteiger partial charge in [-0.25, -0.2) is 0 Å². The number of aromatic nitrogens is 3. The molecule has 0 aliphatic heterocycles. The number of nitrogens with zero attached hydrogens (tertiary/aromatic N) is 3. The van der Waals surface area contributed by atoms with Crippen molar-refractivity contribution in [2.45, 2.75) is 30.7 Å². The van der Waals surface area contributed by atoms with E-state index in [-0.39, 0.29) is 16.7 Å². The van der Waals surface area contributed by atoms with Crippen molar-refractivity contribution in [3.05, 3.63) is 81.4 Å². The molecule has 0 aliphatic rings. The molecule has 0 aliphatic carbocycles. The van der Waals surface area contributed by atoms with Crippen LogP contribution in [0.1, 0.15) is 18.2 Å². The van der Waals surface area contributed by atoms with Gasteiger partial charge in [0, 0.05) is 17.3 Å². The highest BCUT2D eigenvalue weighted by molar-refractivity contribution is 8.00. The third kappa shape index (κ3) is 4.99. The number of rotatable bonds is 6. The highest BCUT2D eigenvalue weighted by atomic mass is 35.5. The molecule has 2 heterocycles. The number of aryl methyl sites for hydroxylation is 1. The molecule has 1 aromatic carbocycles. The minimum Gasteiger partial charge on any atom is -0.349 e. The van der Waals surface area contributed by atoms with Gasteiger partial charge in [-0.2, -0.15) is 9.78 Å². The largest absolute Gasteiger partial charge is 0.349 e. The summed E-state index contributed by atoms with van der Waals surface area (Å²) in [5.74, 6) is -0.131. The topological polar surface area (TPSA) is 76.9 Å². The summed E-state index contributed by atoms with van der Waals surface area (Å²) in [4.78, 5) is 28.7. The number of hydrogen-bond acceptors (Lipinski definition) is 5. The molecule has 0 radical (unpaired) electrons. The van der Waals surface area contributed by atoms with Gasteiger partial charge >= 0.3 is 0 Å². The van der Waals surface area contributed by atoms with Gasteiger partial charge in [-0.3, -0.25) is 14.6 Å². The molecule has 0 saturated heterocycles. The van der Waals surface area contributed by atoms with Crippen molar-refractivity contribution in [1.82, 2.24) is 20.1 Å². The number of benzene rings is 1. The van der Waals surface area contributed by atoms with Crippen molar-refractivity contribution in [2.75, 3.05) is 0 Å². The maximum Gasteiger partial charge on any atom is 0.271 e. The van der Waals surface area contributed by atoms with E-state index in [0.717, 1.165) is 11.3 Å². The first-order valence-corrected chi connectivity index (χ1v) is 9.91. The third-order valence-electron chi connectivity index (χ3n) is 4.01. The van der Waals surface area contributed by atoms with Crippen molar-refractivity contribution in [3.8, 4) is 5.69 Å². The quantitative estimate of drug-likeness (QED) is 0.625. The third-order valence-corrected chi connectivity index (χ3v) is 5.45. The number of carbonyl (C=O) groups excluding carboxylic acids is 1. The zero-order valence-corrected chi connectivity index (χ0v) is 17.0. The van der Waals surface area contributed by atoms with Gasteiger partial charge in [0.15, 0.2) is 0 Å². The summed E-state index contributed by atoms with van der Waals surface area (Å²) in [6, 6.07) is 13.9. The molecule has 144 valence electrons. The monoisotopic (exact) mass is 414 g/mol. The lowest BCUT2D eigenvalue weighted by Gasteiger charge is -2.12. The Hall–Kier alpha value is -2.64. The molecule has 8 heteroatoms. The second kappa shape index (κ2) is 9.03. The van der Waals surface area contributed by atoms with Crippen molar-refractivity contribution in [3.63, 3.8) is 0 Å². The van der Waals surface area contributed by atoms with Crippen LogP contribution in [0, 0.1) is 6.92 Å². The van der Waals surface area contributed by atoms with E-state index in [1.807, 2.05) is 31.2 Å². The number of carbonyl (C=O) groups is 1. The van der Waals surface area contributed by atoms with Crippen molar-refractivity contribution in [2.24, 2.45) is 0 Å². The lowest BCUT2D eigenvalue weighted by atomic mass is 10.2. The average molecular weight is 415 g/mol. The Labute approximate surface area is 172 Å². The smallest absolute Gasteiger partial charge is 0.271 e. The van der Waals surface area contributed by atoms with E-state index >= 15 is 0 Å². The van der Waals surface area contributed by atoms with Crippen molar-refractivity contribution in [1.29, 1.82) is 0 Å². The highest BCUT2D eigenvalue weighted by Crippen LogP contribution is 2.22. The number of pyridine rings is 1. The average Bonchev–Trinajstić information content (AvgIpc) is 2.70. The van der Waals surface area contributed by atoms with Crippen LogP contribution in [0.4, 0.5) is 0 Å². The number of nitrogens with one attached hydrogen (secondary N) is 1. The molecule has 2 aromatic heterocycles. The summed E-state index contributed by atoms with van der Waals surface area (Å²) >= 11 is 7.44. The fourth-order valence-corrected chi connectivity index (χ4v) is 3.42. The Bertz CT molecular complexity index is 1040. The first-order chi connectivity index (χ1) is 13.4. The highest BCUT2D eigenvalue weighted by Gasteiger charge is 2.16. The Morgan fingerprint density at radius 2 is 2.07 bits per heavy atom. The van der Waals surface area contributed by atoms with Crippen LogP contribution in [0.3, 0.4) is 0 Å². The Morgan fingerprint density at radius 1 is 1.25 bits per heavy atom. The van der Waals surface area contributed by atoms with Crippen LogP contribution < -0.4 is 10.9 Å². The molecule has 0 unspecified atom stereocenters. The van der Waals surface area contributed by atoms with Crippen molar-refractivity contribution >= 4 is 29.3 Å². The van der Waals surface area contributed by atoms with Gasteiger partial charge in [-0.15, -0.1) is 0 Å². The molecule has 0 spiro atoms. The van der Waals surface area contributed by atoms with Crippen LogP contribution >= 0.6 is 23.4 Å². The molecular formula is C20H19ClN4O2S. The molecule has 0 fully saturated rings. The van der Waals surface area contributed by atoms with Crippen molar-refractivity contribution < 1.29 is 4.79 Å². The van der Waals surface area contributed by atoms with Gasteiger partial charge < -0.3 is 5.32 Å². The summed E-state index contributed by atoms with van der Waals surface area (Å²) in [5, 5.41) is 7.97. The molecule has 0 bridgehead atoms. The number of amides is 1. The van der Waals surface area contributed by atoms with E-state index in [9.17, 15) is 9.59 Å². The lowest BCUT2D eigenvalue weighted by molar-refractivity contribution is -0.120. The van der Waals surface area contributed by atoms with E-state index < -0.39 is 0 Å². The SMILES string of the molecule is Cc1ccc(-n2nc(S[C@H](C)C(=O)NCc3ccccn3)ccc2=O)cc1Cl. The van der Waals surface area contributed by atoms with Crippen LogP contribution in [0.25, 0.3) is 5.69 Å². The molecule has 28 heavy (non-hydrogen) atoms.